The first-order valence-corrected chi connectivity index (χ1v) is 8.68. The Hall–Kier alpha value is -0.950. The minimum atomic E-state index is -3.81. The number of sulfonamides is 1. The van der Waals surface area contributed by atoms with Gasteiger partial charge in [0.15, 0.2) is 0 Å². The molecule has 1 N–H and O–H groups in total. The van der Waals surface area contributed by atoms with Gasteiger partial charge in [-0.25, -0.2) is 8.42 Å². The van der Waals surface area contributed by atoms with Gasteiger partial charge in [-0.2, -0.15) is 0 Å². The zero-order chi connectivity index (χ0) is 15.6. The van der Waals surface area contributed by atoms with Crippen LogP contribution < -0.4 is 9.46 Å². The van der Waals surface area contributed by atoms with E-state index in [0.29, 0.717) is 15.2 Å². The lowest BCUT2D eigenvalue weighted by Crippen LogP contribution is -2.14. The van der Waals surface area contributed by atoms with Crippen LogP contribution in [0.15, 0.2) is 45.8 Å². The fourth-order valence-corrected chi connectivity index (χ4v) is 3.69. The third kappa shape index (κ3) is 3.83. The van der Waals surface area contributed by atoms with Crippen molar-refractivity contribution in [3.8, 4) is 5.75 Å². The van der Waals surface area contributed by atoms with Crippen molar-refractivity contribution in [2.24, 2.45) is 0 Å². The highest BCUT2D eigenvalue weighted by molar-refractivity contribution is 9.10. The first-order chi connectivity index (χ1) is 9.83. The molecule has 112 valence electrons. The highest BCUT2D eigenvalue weighted by Gasteiger charge is 2.20. The van der Waals surface area contributed by atoms with Crippen LogP contribution in [0.2, 0.25) is 10.0 Å². The number of rotatable bonds is 4. The van der Waals surface area contributed by atoms with Crippen molar-refractivity contribution in [1.82, 2.24) is 0 Å². The van der Waals surface area contributed by atoms with Crippen LogP contribution in [0.1, 0.15) is 0 Å². The van der Waals surface area contributed by atoms with Crippen LogP contribution in [0.5, 0.6) is 5.75 Å². The molecular formula is C13H10BrCl2NO3S. The average Bonchev–Trinajstić information content (AvgIpc) is 2.42. The average molecular weight is 411 g/mol. The van der Waals surface area contributed by atoms with Crippen LogP contribution in [0.25, 0.3) is 0 Å². The molecule has 4 nitrogen and oxygen atoms in total. The van der Waals surface area contributed by atoms with E-state index in [4.69, 9.17) is 27.9 Å². The third-order valence-corrected chi connectivity index (χ3v) is 5.22. The van der Waals surface area contributed by atoms with E-state index in [2.05, 4.69) is 20.7 Å². The summed E-state index contributed by atoms with van der Waals surface area (Å²) in [5.41, 5.74) is 0.312. The van der Waals surface area contributed by atoms with Gasteiger partial charge in [0.1, 0.15) is 10.6 Å². The number of methoxy groups -OCH3 is 1. The van der Waals surface area contributed by atoms with Gasteiger partial charge in [0.05, 0.1) is 22.8 Å². The highest BCUT2D eigenvalue weighted by atomic mass is 79.9. The Bertz CT molecular complexity index is 781. The lowest BCUT2D eigenvalue weighted by atomic mass is 10.3. The first-order valence-electron chi connectivity index (χ1n) is 5.65. The number of ether oxygens (including phenoxy) is 1. The minimum Gasteiger partial charge on any atom is -0.495 e. The molecule has 0 heterocycles. The van der Waals surface area contributed by atoms with Crippen molar-refractivity contribution in [3.05, 3.63) is 50.9 Å². The van der Waals surface area contributed by atoms with Gasteiger partial charge >= 0.3 is 0 Å². The van der Waals surface area contributed by atoms with Gasteiger partial charge in [-0.15, -0.1) is 0 Å². The smallest absolute Gasteiger partial charge is 0.265 e. The number of benzene rings is 2. The van der Waals surface area contributed by atoms with E-state index in [0.717, 1.165) is 0 Å². The van der Waals surface area contributed by atoms with E-state index in [1.165, 1.54) is 31.4 Å². The summed E-state index contributed by atoms with van der Waals surface area (Å²) >= 11 is 14.9. The van der Waals surface area contributed by atoms with E-state index in [1.54, 1.807) is 12.1 Å². The Morgan fingerprint density at radius 3 is 2.43 bits per heavy atom. The second-order valence-electron chi connectivity index (χ2n) is 4.03. The van der Waals surface area contributed by atoms with Crippen LogP contribution in [0, 0.1) is 0 Å². The summed E-state index contributed by atoms with van der Waals surface area (Å²) in [6.45, 7) is 0. The second kappa shape index (κ2) is 6.44. The molecule has 0 aliphatic rings. The van der Waals surface area contributed by atoms with Crippen molar-refractivity contribution in [2.75, 3.05) is 11.8 Å². The van der Waals surface area contributed by atoms with E-state index in [9.17, 15) is 8.42 Å². The standard InChI is InChI=1S/C13H10BrCl2NO3S/c1-20-12-5-2-8(14)6-13(12)21(18,19)17-9-3-4-10(15)11(16)7-9/h2-7,17H,1H3. The Kier molecular flexibility index (Phi) is 5.03. The number of halogens is 3. The molecule has 0 aromatic heterocycles. The molecule has 8 heteroatoms. The van der Waals surface area contributed by atoms with Gasteiger partial charge in [0.2, 0.25) is 0 Å². The Morgan fingerprint density at radius 1 is 1.10 bits per heavy atom. The Labute approximate surface area is 141 Å². The molecule has 0 amide bonds. The Morgan fingerprint density at radius 2 is 1.81 bits per heavy atom. The molecule has 0 aliphatic heterocycles. The van der Waals surface area contributed by atoms with E-state index >= 15 is 0 Å². The summed E-state index contributed by atoms with van der Waals surface area (Å²) in [5, 5.41) is 0.609. The normalized spacial score (nSPS) is 11.2. The fourth-order valence-electron chi connectivity index (χ4n) is 1.63. The van der Waals surface area contributed by atoms with Crippen molar-refractivity contribution in [2.45, 2.75) is 4.90 Å². The van der Waals surface area contributed by atoms with Crippen molar-refractivity contribution >= 4 is 54.8 Å². The number of anilines is 1. The largest absolute Gasteiger partial charge is 0.495 e. The van der Waals surface area contributed by atoms with Crippen LogP contribution in [0.3, 0.4) is 0 Å². The Balaban J connectivity index is 2.42. The summed E-state index contributed by atoms with van der Waals surface area (Å²) in [7, 11) is -2.41. The summed E-state index contributed by atoms with van der Waals surface area (Å²) in [6, 6.07) is 9.19. The second-order valence-corrected chi connectivity index (χ2v) is 7.41. The molecular weight excluding hydrogens is 401 g/mol. The van der Waals surface area contributed by atoms with Gasteiger partial charge in [0.25, 0.3) is 10.0 Å². The quantitative estimate of drug-likeness (QED) is 0.803. The molecule has 0 atom stereocenters. The van der Waals surface area contributed by atoms with Crippen molar-refractivity contribution in [1.29, 1.82) is 0 Å². The predicted octanol–water partition coefficient (Wildman–Crippen LogP) is 4.57. The third-order valence-electron chi connectivity index (χ3n) is 2.59. The first kappa shape index (κ1) is 16.4. The van der Waals surface area contributed by atoms with Gasteiger partial charge in [0, 0.05) is 4.47 Å². The molecule has 0 radical (unpaired) electrons. The molecule has 21 heavy (non-hydrogen) atoms. The topological polar surface area (TPSA) is 55.4 Å². The van der Waals surface area contributed by atoms with Crippen LogP contribution in [-0.2, 0) is 10.0 Å². The van der Waals surface area contributed by atoms with E-state index in [-0.39, 0.29) is 15.7 Å². The maximum Gasteiger partial charge on any atom is 0.265 e. The van der Waals surface area contributed by atoms with Crippen LogP contribution in [0.4, 0.5) is 5.69 Å². The summed E-state index contributed by atoms with van der Waals surface area (Å²) < 4.78 is 33.0. The number of hydrogen-bond acceptors (Lipinski definition) is 3. The number of hydrogen-bond donors (Lipinski definition) is 1. The maximum atomic E-state index is 12.4. The molecule has 0 aliphatic carbocycles. The molecule has 0 bridgehead atoms. The van der Waals surface area contributed by atoms with Crippen molar-refractivity contribution < 1.29 is 13.2 Å². The molecule has 0 saturated heterocycles. The monoisotopic (exact) mass is 409 g/mol. The molecule has 0 spiro atoms. The zero-order valence-electron chi connectivity index (χ0n) is 10.7. The zero-order valence-corrected chi connectivity index (χ0v) is 14.6. The molecule has 2 aromatic rings. The van der Waals surface area contributed by atoms with E-state index in [1.807, 2.05) is 0 Å². The molecule has 0 saturated carbocycles. The van der Waals surface area contributed by atoms with Gasteiger partial charge in [-0.1, -0.05) is 39.1 Å². The minimum absolute atomic E-state index is 0.0189. The summed E-state index contributed by atoms with van der Waals surface area (Å²) in [6.07, 6.45) is 0. The van der Waals surface area contributed by atoms with Gasteiger partial charge < -0.3 is 4.74 Å². The van der Waals surface area contributed by atoms with Gasteiger partial charge in [-0.05, 0) is 36.4 Å². The molecule has 2 rings (SSSR count). The van der Waals surface area contributed by atoms with Crippen LogP contribution in [-0.4, -0.2) is 15.5 Å². The lowest BCUT2D eigenvalue weighted by molar-refractivity contribution is 0.403. The molecule has 0 fully saturated rings. The molecule has 2 aromatic carbocycles. The molecule has 0 unspecified atom stereocenters. The summed E-state index contributed by atoms with van der Waals surface area (Å²) in [5.74, 6) is 0.241. The summed E-state index contributed by atoms with van der Waals surface area (Å²) in [4.78, 5) is 0.0189. The SMILES string of the molecule is COc1ccc(Br)cc1S(=O)(=O)Nc1ccc(Cl)c(Cl)c1. The lowest BCUT2D eigenvalue weighted by Gasteiger charge is -2.12. The maximum absolute atomic E-state index is 12.4. The van der Waals surface area contributed by atoms with Gasteiger partial charge in [-0.3, -0.25) is 4.72 Å². The highest BCUT2D eigenvalue weighted by Crippen LogP contribution is 2.30. The van der Waals surface area contributed by atoms with Crippen LogP contribution >= 0.6 is 39.1 Å². The fraction of sp³-hybridized carbons (Fsp3) is 0.0769. The van der Waals surface area contributed by atoms with Crippen molar-refractivity contribution in [3.63, 3.8) is 0 Å². The van der Waals surface area contributed by atoms with E-state index < -0.39 is 10.0 Å². The predicted molar refractivity (Wildman–Crippen MR) is 88.0 cm³/mol. The number of nitrogens with one attached hydrogen (secondary N) is 1.